The Bertz CT molecular complexity index is 1060. The Morgan fingerprint density at radius 2 is 2.00 bits per heavy atom. The van der Waals surface area contributed by atoms with E-state index < -0.39 is 46.2 Å². The van der Waals surface area contributed by atoms with Crippen LogP contribution in [0.5, 0.6) is 0 Å². The number of aliphatic hydroxyl groups is 2. The molecule has 3 rings (SSSR count). The molecule has 2 aromatic heterocycles. The van der Waals surface area contributed by atoms with E-state index in [1.807, 2.05) is 0 Å². The Morgan fingerprint density at radius 1 is 1.31 bits per heavy atom. The SMILES string of the molecule is N#C[C@@]1(c2ccc3c(N)ccnn23)O[C@H](COP(=O)(O)OP(=O)(O)O)[C@@H](O)[C@H]1O. The summed E-state index contributed by atoms with van der Waals surface area (Å²) in [6.07, 6.45) is -3.78. The first kappa shape index (κ1) is 21.8. The van der Waals surface area contributed by atoms with Crippen molar-refractivity contribution in [1.82, 2.24) is 9.61 Å². The van der Waals surface area contributed by atoms with Gasteiger partial charge in [-0.15, -0.1) is 0 Å². The molecule has 1 aliphatic heterocycles. The Morgan fingerprint density at radius 3 is 2.62 bits per heavy atom. The second-order valence-electron chi connectivity index (χ2n) is 6.08. The molecule has 14 nitrogen and oxygen atoms in total. The van der Waals surface area contributed by atoms with E-state index in [0.717, 1.165) is 0 Å². The number of aliphatic hydroxyl groups excluding tert-OH is 2. The topological polar surface area (TPSA) is 230 Å². The van der Waals surface area contributed by atoms with Gasteiger partial charge in [0.1, 0.15) is 24.4 Å². The lowest BCUT2D eigenvalue weighted by Crippen LogP contribution is -2.41. The van der Waals surface area contributed by atoms with Crippen LogP contribution in [-0.2, 0) is 28.3 Å². The maximum Gasteiger partial charge on any atom is 0.481 e. The molecule has 0 aliphatic carbocycles. The normalized spacial score (nSPS) is 29.6. The third-order valence-electron chi connectivity index (χ3n) is 4.20. The van der Waals surface area contributed by atoms with Gasteiger partial charge in [-0.25, -0.2) is 13.6 Å². The fourth-order valence-electron chi connectivity index (χ4n) is 2.96. The molecule has 1 saturated heterocycles. The number of nitriles is 1. The van der Waals surface area contributed by atoms with E-state index in [9.17, 15) is 29.5 Å². The minimum atomic E-state index is -5.35. The highest BCUT2D eigenvalue weighted by molar-refractivity contribution is 7.60. The van der Waals surface area contributed by atoms with Gasteiger partial charge in [0.25, 0.3) is 0 Å². The van der Waals surface area contributed by atoms with Gasteiger partial charge in [-0.1, -0.05) is 0 Å². The molecule has 7 N–H and O–H groups in total. The molecule has 1 aliphatic rings. The number of hydrogen-bond acceptors (Lipinski definition) is 10. The third-order valence-corrected chi connectivity index (χ3v) is 6.36. The number of ether oxygens (including phenoxy) is 1. The lowest BCUT2D eigenvalue weighted by atomic mass is 9.92. The van der Waals surface area contributed by atoms with Crippen LogP contribution in [-0.4, -0.2) is 59.4 Å². The van der Waals surface area contributed by atoms with E-state index in [1.165, 1.54) is 28.9 Å². The monoisotopic (exact) mass is 450 g/mol. The highest BCUT2D eigenvalue weighted by Crippen LogP contribution is 2.57. The van der Waals surface area contributed by atoms with E-state index in [1.54, 1.807) is 6.07 Å². The fourth-order valence-corrected chi connectivity index (χ4v) is 4.56. The van der Waals surface area contributed by atoms with Crippen molar-refractivity contribution in [2.75, 3.05) is 12.3 Å². The molecule has 3 heterocycles. The first-order valence-electron chi connectivity index (χ1n) is 7.82. The minimum Gasteiger partial charge on any atom is -0.397 e. The molecule has 1 unspecified atom stereocenters. The molecular weight excluding hydrogens is 434 g/mol. The molecular formula is C13H16N4O10P2. The van der Waals surface area contributed by atoms with Gasteiger partial charge < -0.3 is 35.4 Å². The van der Waals surface area contributed by atoms with Crippen LogP contribution in [0.3, 0.4) is 0 Å². The van der Waals surface area contributed by atoms with Crippen LogP contribution in [0.4, 0.5) is 5.69 Å². The molecule has 0 bridgehead atoms. The Hall–Kier alpha value is -1.88. The number of nitrogens with zero attached hydrogens (tertiary/aromatic N) is 3. The number of phosphoric ester groups is 1. The Balaban J connectivity index is 1.89. The van der Waals surface area contributed by atoms with Gasteiger partial charge in [0, 0.05) is 6.20 Å². The lowest BCUT2D eigenvalue weighted by molar-refractivity contribution is -0.0634. The van der Waals surface area contributed by atoms with E-state index in [4.69, 9.17) is 20.3 Å². The number of rotatable bonds is 6. The summed E-state index contributed by atoms with van der Waals surface area (Å²) in [6, 6.07) is 6.18. The maximum absolute atomic E-state index is 11.6. The summed E-state index contributed by atoms with van der Waals surface area (Å²) >= 11 is 0. The Labute approximate surface area is 162 Å². The number of phosphoric acid groups is 2. The van der Waals surface area contributed by atoms with Gasteiger partial charge >= 0.3 is 15.6 Å². The lowest BCUT2D eigenvalue weighted by Gasteiger charge is -2.24. The summed E-state index contributed by atoms with van der Waals surface area (Å²) in [5, 5.41) is 34.5. The summed E-state index contributed by atoms with van der Waals surface area (Å²) < 4.78 is 37.0. The first-order chi connectivity index (χ1) is 13.4. The fraction of sp³-hybridized carbons (Fsp3) is 0.385. The highest BCUT2D eigenvalue weighted by Gasteiger charge is 2.58. The zero-order valence-electron chi connectivity index (χ0n) is 14.3. The summed E-state index contributed by atoms with van der Waals surface area (Å²) in [6.45, 7) is -0.936. The standard InChI is InChI=1S/C13H16N4O10P2/c14-6-13(10-2-1-8-7(15)3-4-16-17(8)10)12(19)11(18)9(26-13)5-25-29(23,24)27-28(20,21)22/h1-4,9,11-12,18-19H,5,15H2,(H,23,24)(H2,20,21,22)/t9-,11-,12-,13+/m1/s1. The van der Waals surface area contributed by atoms with Gasteiger partial charge in [0.05, 0.1) is 23.5 Å². The molecule has 158 valence electrons. The van der Waals surface area contributed by atoms with Gasteiger partial charge in [0.2, 0.25) is 5.60 Å². The first-order valence-corrected chi connectivity index (χ1v) is 10.8. The third kappa shape index (κ3) is 4.07. The summed E-state index contributed by atoms with van der Waals surface area (Å²) in [5.74, 6) is 0. The number of nitrogen functional groups attached to an aromatic ring is 1. The van der Waals surface area contributed by atoms with Crippen LogP contribution in [0.2, 0.25) is 0 Å². The maximum atomic E-state index is 11.6. The molecule has 0 saturated carbocycles. The van der Waals surface area contributed by atoms with E-state index >= 15 is 0 Å². The predicted molar refractivity (Wildman–Crippen MR) is 92.7 cm³/mol. The zero-order chi connectivity index (χ0) is 21.6. The van der Waals surface area contributed by atoms with Crippen LogP contribution in [0.15, 0.2) is 24.4 Å². The molecule has 0 aromatic carbocycles. The van der Waals surface area contributed by atoms with Crippen LogP contribution < -0.4 is 5.73 Å². The molecule has 29 heavy (non-hydrogen) atoms. The van der Waals surface area contributed by atoms with Crippen molar-refractivity contribution in [1.29, 1.82) is 5.26 Å². The summed E-state index contributed by atoms with van der Waals surface area (Å²) in [7, 11) is -10.6. The molecule has 5 atom stereocenters. The van der Waals surface area contributed by atoms with Crippen molar-refractivity contribution in [3.05, 3.63) is 30.1 Å². The number of aromatic nitrogens is 2. The van der Waals surface area contributed by atoms with Crippen molar-refractivity contribution in [3.63, 3.8) is 0 Å². The summed E-state index contributed by atoms with van der Waals surface area (Å²) in [5.41, 5.74) is 4.43. The smallest absolute Gasteiger partial charge is 0.397 e. The number of anilines is 1. The van der Waals surface area contributed by atoms with Gasteiger partial charge in [-0.2, -0.15) is 14.7 Å². The van der Waals surface area contributed by atoms with Crippen LogP contribution in [0, 0.1) is 11.3 Å². The quantitative estimate of drug-likeness (QED) is 0.290. The van der Waals surface area contributed by atoms with Crippen LogP contribution >= 0.6 is 15.6 Å². The largest absolute Gasteiger partial charge is 0.481 e. The molecule has 2 aromatic rings. The second kappa shape index (κ2) is 7.42. The number of hydrogen-bond donors (Lipinski definition) is 6. The van der Waals surface area contributed by atoms with Crippen molar-refractivity contribution >= 4 is 26.8 Å². The molecule has 0 spiro atoms. The molecule has 1 fully saturated rings. The average Bonchev–Trinajstić information content (AvgIpc) is 3.14. The molecule has 16 heteroatoms. The Kier molecular flexibility index (Phi) is 5.59. The van der Waals surface area contributed by atoms with Gasteiger partial charge in [0.15, 0.2) is 0 Å². The van der Waals surface area contributed by atoms with E-state index in [0.29, 0.717) is 11.2 Å². The van der Waals surface area contributed by atoms with E-state index in [2.05, 4.69) is 13.9 Å². The zero-order valence-corrected chi connectivity index (χ0v) is 16.1. The number of fused-ring (bicyclic) bond motifs is 1. The van der Waals surface area contributed by atoms with Crippen molar-refractivity contribution in [2.24, 2.45) is 0 Å². The van der Waals surface area contributed by atoms with Crippen molar-refractivity contribution < 1.29 is 47.6 Å². The van der Waals surface area contributed by atoms with Crippen molar-refractivity contribution in [2.45, 2.75) is 23.9 Å². The highest BCUT2D eigenvalue weighted by atomic mass is 31.3. The predicted octanol–water partition coefficient (Wildman–Crippen LogP) is -1.02. The van der Waals surface area contributed by atoms with Crippen molar-refractivity contribution in [3.8, 4) is 6.07 Å². The minimum absolute atomic E-state index is 0.0231. The van der Waals surface area contributed by atoms with Gasteiger partial charge in [-0.05, 0) is 18.2 Å². The number of nitrogens with two attached hydrogens (primary N) is 1. The van der Waals surface area contributed by atoms with Crippen LogP contribution in [0.25, 0.3) is 5.52 Å². The average molecular weight is 450 g/mol. The summed E-state index contributed by atoms with van der Waals surface area (Å²) in [4.78, 5) is 26.5. The second-order valence-corrected chi connectivity index (χ2v) is 8.91. The molecule has 0 amide bonds. The molecule has 0 radical (unpaired) electrons. The van der Waals surface area contributed by atoms with Crippen LogP contribution in [0.1, 0.15) is 5.69 Å². The van der Waals surface area contributed by atoms with Gasteiger partial charge in [-0.3, -0.25) is 4.52 Å². The van der Waals surface area contributed by atoms with E-state index in [-0.39, 0.29) is 5.69 Å².